The topological polar surface area (TPSA) is 93.4 Å². The summed E-state index contributed by atoms with van der Waals surface area (Å²) in [6, 6.07) is 13.0. The number of esters is 1. The summed E-state index contributed by atoms with van der Waals surface area (Å²) >= 11 is 0. The van der Waals surface area contributed by atoms with E-state index in [0.717, 1.165) is 22.5 Å². The number of nitrogens with two attached hydrogens (primary N) is 1. The summed E-state index contributed by atoms with van der Waals surface area (Å²) in [6.07, 6.45) is 0.645. The second-order valence-electron chi connectivity index (χ2n) is 7.57. The molecule has 29 heavy (non-hydrogen) atoms. The predicted molar refractivity (Wildman–Crippen MR) is 116 cm³/mol. The van der Waals surface area contributed by atoms with Gasteiger partial charge >= 0.3 is 5.97 Å². The van der Waals surface area contributed by atoms with Gasteiger partial charge in [-0.05, 0) is 57.0 Å². The quantitative estimate of drug-likeness (QED) is 0.504. The molecule has 2 aromatic rings. The summed E-state index contributed by atoms with van der Waals surface area (Å²) < 4.78 is 5.04. The van der Waals surface area contributed by atoms with Crippen LogP contribution in [0.3, 0.4) is 0 Å². The van der Waals surface area contributed by atoms with Crippen LogP contribution in [-0.2, 0) is 15.1 Å². The molecule has 1 heterocycles. The Hall–Kier alpha value is -3.12. The lowest BCUT2D eigenvalue weighted by Gasteiger charge is -2.20. The molecule has 6 nitrogen and oxygen atoms in total. The van der Waals surface area contributed by atoms with Crippen molar-refractivity contribution in [1.82, 2.24) is 0 Å². The van der Waals surface area contributed by atoms with Crippen molar-refractivity contribution in [2.24, 2.45) is 5.73 Å². The summed E-state index contributed by atoms with van der Waals surface area (Å²) in [5.74, 6) is -0.594. The fraction of sp³-hybridized carbons (Fsp3) is 0.304. The van der Waals surface area contributed by atoms with Crippen LogP contribution in [0.2, 0.25) is 0 Å². The molecule has 0 spiro atoms. The van der Waals surface area contributed by atoms with Crippen LogP contribution in [0.5, 0.6) is 0 Å². The van der Waals surface area contributed by atoms with Gasteiger partial charge in [-0.15, -0.1) is 0 Å². The van der Waals surface area contributed by atoms with Crippen LogP contribution in [0.25, 0.3) is 5.57 Å². The second-order valence-corrected chi connectivity index (χ2v) is 7.57. The molecule has 0 radical (unpaired) electrons. The number of ether oxygens (including phenoxy) is 1. The maximum absolute atomic E-state index is 12.7. The summed E-state index contributed by atoms with van der Waals surface area (Å²) in [4.78, 5) is 24.6. The van der Waals surface area contributed by atoms with E-state index in [1.165, 1.54) is 0 Å². The maximum Gasteiger partial charge on any atom is 0.338 e. The molecular formula is C23H27N3O3. The van der Waals surface area contributed by atoms with Crippen LogP contribution in [0.1, 0.15) is 55.6 Å². The van der Waals surface area contributed by atoms with E-state index in [1.807, 2.05) is 45.0 Å². The van der Waals surface area contributed by atoms with Gasteiger partial charge in [0.05, 0.1) is 23.4 Å². The highest BCUT2D eigenvalue weighted by Crippen LogP contribution is 2.36. The Kier molecular flexibility index (Phi) is 5.75. The summed E-state index contributed by atoms with van der Waals surface area (Å²) in [7, 11) is 0. The SMILES string of the molecule is CCOC(=O)c1ccc2c(c1)NC(=O)C2=C(CC)Nc1ccc(C(C)(C)N)cc1. The molecule has 0 atom stereocenters. The highest BCUT2D eigenvalue weighted by Gasteiger charge is 2.28. The van der Waals surface area contributed by atoms with Crippen LogP contribution in [0.15, 0.2) is 48.2 Å². The number of hydrogen-bond donors (Lipinski definition) is 3. The van der Waals surface area contributed by atoms with Crippen molar-refractivity contribution in [3.05, 3.63) is 64.9 Å². The molecule has 0 bridgehead atoms. The third kappa shape index (κ3) is 4.32. The van der Waals surface area contributed by atoms with Gasteiger partial charge < -0.3 is 21.1 Å². The number of anilines is 2. The van der Waals surface area contributed by atoms with Gasteiger partial charge in [0.15, 0.2) is 0 Å². The first-order valence-corrected chi connectivity index (χ1v) is 9.77. The zero-order valence-corrected chi connectivity index (χ0v) is 17.3. The molecule has 0 fully saturated rings. The Morgan fingerprint density at radius 1 is 1.14 bits per heavy atom. The fourth-order valence-corrected chi connectivity index (χ4v) is 3.30. The number of benzene rings is 2. The highest BCUT2D eigenvalue weighted by molar-refractivity contribution is 6.32. The summed E-state index contributed by atoms with van der Waals surface area (Å²) in [5, 5.41) is 6.22. The van der Waals surface area contributed by atoms with Crippen molar-refractivity contribution >= 4 is 28.8 Å². The standard InChI is InChI=1S/C23H27N3O3/c1-5-18(25-16-10-8-15(9-11-16)23(3,4)24)20-17-12-7-14(22(28)29-6-2)13-19(17)26-21(20)27/h7-13,25H,5-6,24H2,1-4H3,(H,26,27). The second kappa shape index (κ2) is 8.09. The van der Waals surface area contributed by atoms with E-state index in [4.69, 9.17) is 10.5 Å². The first-order valence-electron chi connectivity index (χ1n) is 9.77. The first kappa shape index (κ1) is 20.6. The van der Waals surface area contributed by atoms with Gasteiger partial charge in [0.25, 0.3) is 5.91 Å². The van der Waals surface area contributed by atoms with Crippen molar-refractivity contribution in [2.75, 3.05) is 17.2 Å². The van der Waals surface area contributed by atoms with Crippen LogP contribution >= 0.6 is 0 Å². The van der Waals surface area contributed by atoms with Crippen molar-refractivity contribution < 1.29 is 14.3 Å². The number of amides is 1. The monoisotopic (exact) mass is 393 g/mol. The lowest BCUT2D eigenvalue weighted by atomic mass is 9.95. The fourth-order valence-electron chi connectivity index (χ4n) is 3.30. The predicted octanol–water partition coefficient (Wildman–Crippen LogP) is 4.24. The van der Waals surface area contributed by atoms with Crippen LogP contribution in [0.4, 0.5) is 11.4 Å². The average Bonchev–Trinajstić information content (AvgIpc) is 3.01. The van der Waals surface area contributed by atoms with E-state index < -0.39 is 11.5 Å². The minimum atomic E-state index is -0.411. The Morgan fingerprint density at radius 2 is 1.83 bits per heavy atom. The Labute approximate surface area is 171 Å². The lowest BCUT2D eigenvalue weighted by Crippen LogP contribution is -2.28. The minimum absolute atomic E-state index is 0.190. The van der Waals surface area contributed by atoms with Gasteiger partial charge in [-0.25, -0.2) is 4.79 Å². The molecule has 3 rings (SSSR count). The van der Waals surface area contributed by atoms with Crippen molar-refractivity contribution in [3.8, 4) is 0 Å². The molecule has 0 aromatic heterocycles. The van der Waals surface area contributed by atoms with E-state index in [0.29, 0.717) is 29.9 Å². The Morgan fingerprint density at radius 3 is 2.41 bits per heavy atom. The third-order valence-corrected chi connectivity index (χ3v) is 4.85. The van der Waals surface area contributed by atoms with Crippen molar-refractivity contribution in [3.63, 3.8) is 0 Å². The number of nitrogens with one attached hydrogen (secondary N) is 2. The average molecular weight is 393 g/mol. The molecule has 1 amide bonds. The van der Waals surface area contributed by atoms with E-state index in [1.54, 1.807) is 25.1 Å². The first-order chi connectivity index (χ1) is 13.7. The zero-order chi connectivity index (χ0) is 21.2. The normalized spacial score (nSPS) is 14.9. The molecule has 4 N–H and O–H groups in total. The molecule has 6 heteroatoms. The van der Waals surface area contributed by atoms with E-state index in [9.17, 15) is 9.59 Å². The van der Waals surface area contributed by atoms with Crippen LogP contribution < -0.4 is 16.4 Å². The van der Waals surface area contributed by atoms with Crippen molar-refractivity contribution in [2.45, 2.75) is 39.7 Å². The third-order valence-electron chi connectivity index (χ3n) is 4.85. The molecular weight excluding hydrogens is 366 g/mol. The lowest BCUT2D eigenvalue weighted by molar-refractivity contribution is -0.110. The summed E-state index contributed by atoms with van der Waals surface area (Å²) in [5.41, 5.74) is 10.8. The van der Waals surface area contributed by atoms with Gasteiger partial charge in [-0.3, -0.25) is 4.79 Å². The Balaban J connectivity index is 1.93. The number of fused-ring (bicyclic) bond motifs is 1. The van der Waals surface area contributed by atoms with Gasteiger partial charge in [0.2, 0.25) is 0 Å². The molecule has 0 saturated carbocycles. The largest absolute Gasteiger partial charge is 0.462 e. The van der Waals surface area contributed by atoms with Gasteiger partial charge in [-0.1, -0.05) is 25.1 Å². The maximum atomic E-state index is 12.7. The van der Waals surface area contributed by atoms with E-state index >= 15 is 0 Å². The molecule has 0 saturated heterocycles. The Bertz CT molecular complexity index is 970. The van der Waals surface area contributed by atoms with E-state index in [-0.39, 0.29) is 5.91 Å². The smallest absolute Gasteiger partial charge is 0.338 e. The number of allylic oxidation sites excluding steroid dienone is 1. The number of carbonyl (C=O) groups excluding carboxylic acids is 2. The molecule has 0 aliphatic carbocycles. The molecule has 2 aromatic carbocycles. The number of hydrogen-bond acceptors (Lipinski definition) is 5. The van der Waals surface area contributed by atoms with E-state index in [2.05, 4.69) is 10.6 Å². The van der Waals surface area contributed by atoms with Crippen LogP contribution in [0, 0.1) is 0 Å². The molecule has 0 unspecified atom stereocenters. The van der Waals surface area contributed by atoms with Gasteiger partial charge in [-0.2, -0.15) is 0 Å². The highest BCUT2D eigenvalue weighted by atomic mass is 16.5. The van der Waals surface area contributed by atoms with Crippen molar-refractivity contribution in [1.29, 1.82) is 0 Å². The minimum Gasteiger partial charge on any atom is -0.462 e. The number of rotatable bonds is 6. The molecule has 152 valence electrons. The van der Waals surface area contributed by atoms with Gasteiger partial charge in [0.1, 0.15) is 0 Å². The summed E-state index contributed by atoms with van der Waals surface area (Å²) in [6.45, 7) is 7.97. The van der Waals surface area contributed by atoms with Gasteiger partial charge in [0, 0.05) is 22.5 Å². The molecule has 1 aliphatic heterocycles. The zero-order valence-electron chi connectivity index (χ0n) is 17.3. The van der Waals surface area contributed by atoms with Crippen LogP contribution in [-0.4, -0.2) is 18.5 Å². The number of carbonyl (C=O) groups is 2. The molecule has 1 aliphatic rings.